The summed E-state index contributed by atoms with van der Waals surface area (Å²) in [7, 11) is 0. The van der Waals surface area contributed by atoms with Crippen LogP contribution in [0.2, 0.25) is 0 Å². The molecule has 1 fully saturated rings. The van der Waals surface area contributed by atoms with Gasteiger partial charge in [0.1, 0.15) is 5.82 Å². The van der Waals surface area contributed by atoms with Gasteiger partial charge < -0.3 is 25.6 Å². The second kappa shape index (κ2) is 8.84. The molecule has 0 spiro atoms. The number of hydrogen-bond acceptors (Lipinski definition) is 7. The Balaban J connectivity index is 1.37. The lowest BCUT2D eigenvalue weighted by Crippen LogP contribution is -2.36. The molecule has 32 heavy (non-hydrogen) atoms. The van der Waals surface area contributed by atoms with Gasteiger partial charge in [-0.25, -0.2) is 4.98 Å². The second-order valence-electron chi connectivity index (χ2n) is 8.01. The second-order valence-corrected chi connectivity index (χ2v) is 8.01. The number of aryl methyl sites for hydroxylation is 2. The first-order valence-electron chi connectivity index (χ1n) is 10.9. The fraction of sp³-hybridized carbons (Fsp3) is 0.292. The minimum absolute atomic E-state index is 0.0631. The number of carbonyl (C=O) groups excluding carboxylic acids is 1. The number of rotatable bonds is 5. The molecule has 1 aromatic heterocycles. The van der Waals surface area contributed by atoms with Crippen LogP contribution in [0.4, 0.5) is 34.5 Å². The summed E-state index contributed by atoms with van der Waals surface area (Å²) in [6.07, 6.45) is 3.05. The summed E-state index contributed by atoms with van der Waals surface area (Å²) < 4.78 is 5.50. The van der Waals surface area contributed by atoms with Crippen LogP contribution in [0.3, 0.4) is 0 Å². The molecular weight excluding hydrogens is 404 g/mol. The van der Waals surface area contributed by atoms with Crippen LogP contribution in [0.25, 0.3) is 0 Å². The van der Waals surface area contributed by atoms with Crippen LogP contribution in [0.1, 0.15) is 17.5 Å². The number of ether oxygens (including phenoxy) is 1. The Labute approximate surface area is 187 Å². The zero-order chi connectivity index (χ0) is 21.9. The van der Waals surface area contributed by atoms with E-state index in [1.807, 2.05) is 43.5 Å². The number of morpholine rings is 1. The van der Waals surface area contributed by atoms with E-state index >= 15 is 0 Å². The van der Waals surface area contributed by atoms with Crippen molar-refractivity contribution in [1.82, 2.24) is 9.97 Å². The smallest absolute Gasteiger partial charge is 0.229 e. The van der Waals surface area contributed by atoms with Crippen LogP contribution in [-0.2, 0) is 16.0 Å². The molecule has 1 saturated heterocycles. The summed E-state index contributed by atoms with van der Waals surface area (Å²) >= 11 is 0. The molecule has 0 radical (unpaired) electrons. The van der Waals surface area contributed by atoms with Gasteiger partial charge in [0.25, 0.3) is 0 Å². The number of anilines is 6. The maximum atomic E-state index is 11.6. The molecule has 2 aliphatic rings. The van der Waals surface area contributed by atoms with Crippen LogP contribution in [0.15, 0.2) is 48.7 Å². The average Bonchev–Trinajstić information content (AvgIpc) is 2.82. The third-order valence-electron chi connectivity index (χ3n) is 5.74. The zero-order valence-corrected chi connectivity index (χ0v) is 18.0. The molecule has 0 atom stereocenters. The Kier molecular flexibility index (Phi) is 5.60. The van der Waals surface area contributed by atoms with Gasteiger partial charge in [-0.15, -0.1) is 0 Å². The number of benzene rings is 2. The predicted octanol–water partition coefficient (Wildman–Crippen LogP) is 3.99. The van der Waals surface area contributed by atoms with Gasteiger partial charge in [0.05, 0.1) is 24.6 Å². The number of para-hydroxylation sites is 2. The van der Waals surface area contributed by atoms with Crippen molar-refractivity contribution in [3.63, 3.8) is 0 Å². The van der Waals surface area contributed by atoms with Crippen molar-refractivity contribution in [2.75, 3.05) is 47.2 Å². The van der Waals surface area contributed by atoms with Crippen molar-refractivity contribution >= 4 is 40.4 Å². The van der Waals surface area contributed by atoms with Gasteiger partial charge in [0, 0.05) is 42.6 Å². The van der Waals surface area contributed by atoms with E-state index in [2.05, 4.69) is 38.0 Å². The number of nitrogens with one attached hydrogen (secondary N) is 3. The molecule has 5 rings (SSSR count). The average molecular weight is 431 g/mol. The number of nitrogens with zero attached hydrogens (tertiary/aromatic N) is 3. The molecule has 2 aromatic carbocycles. The fourth-order valence-electron chi connectivity index (χ4n) is 4.01. The summed E-state index contributed by atoms with van der Waals surface area (Å²) in [6.45, 7) is 5.20. The highest BCUT2D eigenvalue weighted by Crippen LogP contribution is 2.31. The van der Waals surface area contributed by atoms with Crippen LogP contribution in [0.5, 0.6) is 0 Å². The standard InChI is InChI=1S/C24H26N6O2/c1-16-15-25-24(26-18-7-8-19-17(14-18)6-9-22(31)27-19)29-23(16)28-20-4-2-3-5-21(20)30-10-12-32-13-11-30/h2-5,7-8,14-15H,6,9-13H2,1H3,(H,27,31)(H2,25,26,28,29). The van der Waals surface area contributed by atoms with Gasteiger partial charge >= 0.3 is 0 Å². The summed E-state index contributed by atoms with van der Waals surface area (Å²) in [4.78, 5) is 23.1. The van der Waals surface area contributed by atoms with E-state index in [0.717, 1.165) is 72.4 Å². The Morgan fingerprint density at radius 3 is 2.78 bits per heavy atom. The quantitative estimate of drug-likeness (QED) is 0.564. The van der Waals surface area contributed by atoms with Crippen LogP contribution < -0.4 is 20.9 Å². The Morgan fingerprint density at radius 1 is 1.06 bits per heavy atom. The van der Waals surface area contributed by atoms with Crippen LogP contribution >= 0.6 is 0 Å². The van der Waals surface area contributed by atoms with Crippen molar-refractivity contribution in [1.29, 1.82) is 0 Å². The Morgan fingerprint density at radius 2 is 1.91 bits per heavy atom. The van der Waals surface area contributed by atoms with Gasteiger partial charge in [-0.1, -0.05) is 12.1 Å². The zero-order valence-electron chi connectivity index (χ0n) is 18.0. The molecule has 1 amide bonds. The molecule has 2 aliphatic heterocycles. The molecular formula is C24H26N6O2. The monoisotopic (exact) mass is 430 g/mol. The maximum absolute atomic E-state index is 11.6. The van der Waals surface area contributed by atoms with E-state index < -0.39 is 0 Å². The van der Waals surface area contributed by atoms with Crippen molar-refractivity contribution in [2.24, 2.45) is 0 Å². The number of fused-ring (bicyclic) bond motifs is 1. The first-order chi connectivity index (χ1) is 15.7. The van der Waals surface area contributed by atoms with E-state index in [-0.39, 0.29) is 5.91 Å². The van der Waals surface area contributed by atoms with Crippen molar-refractivity contribution in [3.8, 4) is 0 Å². The number of amides is 1. The maximum Gasteiger partial charge on any atom is 0.229 e. The first-order valence-corrected chi connectivity index (χ1v) is 10.9. The van der Waals surface area contributed by atoms with Gasteiger partial charge in [-0.05, 0) is 49.2 Å². The SMILES string of the molecule is Cc1cnc(Nc2ccc3c(c2)CCC(=O)N3)nc1Nc1ccccc1N1CCOCC1. The van der Waals surface area contributed by atoms with E-state index in [1.165, 1.54) is 0 Å². The lowest BCUT2D eigenvalue weighted by molar-refractivity contribution is -0.116. The molecule has 8 heteroatoms. The van der Waals surface area contributed by atoms with Crippen LogP contribution in [0, 0.1) is 6.92 Å². The number of hydrogen-bond donors (Lipinski definition) is 3. The number of aromatic nitrogens is 2. The highest BCUT2D eigenvalue weighted by atomic mass is 16.5. The fourth-order valence-corrected chi connectivity index (χ4v) is 4.01. The number of carbonyl (C=O) groups is 1. The van der Waals surface area contributed by atoms with Crippen LogP contribution in [-0.4, -0.2) is 42.2 Å². The topological polar surface area (TPSA) is 91.4 Å². The highest BCUT2D eigenvalue weighted by Gasteiger charge is 2.17. The van der Waals surface area contributed by atoms with E-state index in [4.69, 9.17) is 9.72 Å². The summed E-state index contributed by atoms with van der Waals surface area (Å²) in [5.74, 6) is 1.34. The summed E-state index contributed by atoms with van der Waals surface area (Å²) in [5, 5.41) is 9.70. The van der Waals surface area contributed by atoms with Gasteiger partial charge in [0.2, 0.25) is 11.9 Å². The normalized spacial score (nSPS) is 15.7. The molecule has 3 heterocycles. The lowest BCUT2D eigenvalue weighted by Gasteiger charge is -2.30. The minimum Gasteiger partial charge on any atom is -0.378 e. The van der Waals surface area contributed by atoms with Crippen molar-refractivity contribution in [3.05, 3.63) is 59.8 Å². The van der Waals surface area contributed by atoms with Gasteiger partial charge in [0.15, 0.2) is 0 Å². The first kappa shape index (κ1) is 20.3. The van der Waals surface area contributed by atoms with E-state index in [9.17, 15) is 4.79 Å². The minimum atomic E-state index is 0.0631. The predicted molar refractivity (Wildman–Crippen MR) is 126 cm³/mol. The molecule has 0 unspecified atom stereocenters. The highest BCUT2D eigenvalue weighted by molar-refractivity contribution is 5.94. The largest absolute Gasteiger partial charge is 0.378 e. The Hall–Kier alpha value is -3.65. The molecule has 3 N–H and O–H groups in total. The van der Waals surface area contributed by atoms with Gasteiger partial charge in [-0.2, -0.15) is 4.98 Å². The summed E-state index contributed by atoms with van der Waals surface area (Å²) in [6, 6.07) is 14.1. The summed E-state index contributed by atoms with van der Waals surface area (Å²) in [5.41, 5.74) is 5.98. The third-order valence-corrected chi connectivity index (χ3v) is 5.74. The molecule has 3 aromatic rings. The molecule has 0 bridgehead atoms. The van der Waals surface area contributed by atoms with E-state index in [1.54, 1.807) is 0 Å². The van der Waals surface area contributed by atoms with E-state index in [0.29, 0.717) is 12.4 Å². The molecule has 164 valence electrons. The molecule has 8 nitrogen and oxygen atoms in total. The Bertz CT molecular complexity index is 1140. The molecule has 0 aliphatic carbocycles. The van der Waals surface area contributed by atoms with Crippen molar-refractivity contribution in [2.45, 2.75) is 19.8 Å². The molecule has 0 saturated carbocycles. The van der Waals surface area contributed by atoms with Crippen molar-refractivity contribution < 1.29 is 9.53 Å². The van der Waals surface area contributed by atoms with Gasteiger partial charge in [-0.3, -0.25) is 4.79 Å². The lowest BCUT2D eigenvalue weighted by atomic mass is 10.0. The third kappa shape index (κ3) is 4.36.